The molecule has 3 aliphatic heterocycles. The van der Waals surface area contributed by atoms with E-state index in [4.69, 9.17) is 9.47 Å². The molecule has 0 aromatic heterocycles. The Morgan fingerprint density at radius 1 is 0.958 bits per heavy atom. The molecule has 2 saturated heterocycles. The molecule has 1 aliphatic carbocycles. The molecule has 48 heavy (non-hydrogen) atoms. The van der Waals surface area contributed by atoms with E-state index in [0.29, 0.717) is 70.0 Å². The van der Waals surface area contributed by atoms with Crippen molar-refractivity contribution in [3.63, 3.8) is 0 Å². The first-order valence-electron chi connectivity index (χ1n) is 17.7. The number of halogens is 1. The summed E-state index contributed by atoms with van der Waals surface area (Å²) in [6, 6.07) is 4.90. The summed E-state index contributed by atoms with van der Waals surface area (Å²) < 4.78 is 26.9. The normalized spacial score (nSPS) is 29.0. The topological polar surface area (TPSA) is 103 Å². The fraction of sp³-hybridized carbons (Fsp3) is 0.649. The number of aliphatic hydroxyl groups is 1. The number of hydrogen-bond donors (Lipinski definition) is 1. The number of benzene rings is 1. The minimum atomic E-state index is -0.882. The molecule has 2 amide bonds. The number of nitrogens with zero attached hydrogens (tertiary/aromatic N) is 4. The molecule has 0 radical (unpaired) electrons. The average molecular weight is 669 g/mol. The highest BCUT2D eigenvalue weighted by molar-refractivity contribution is 5.77. The number of anilines is 1. The van der Waals surface area contributed by atoms with Gasteiger partial charge in [-0.05, 0) is 86.9 Å². The summed E-state index contributed by atoms with van der Waals surface area (Å²) in [5, 5.41) is 10.7. The second-order valence-corrected chi connectivity index (χ2v) is 14.4. The first-order valence-corrected chi connectivity index (χ1v) is 17.7. The highest BCUT2D eigenvalue weighted by atomic mass is 19.1. The van der Waals surface area contributed by atoms with E-state index >= 15 is 0 Å². The van der Waals surface area contributed by atoms with Crippen LogP contribution in [-0.2, 0) is 19.1 Å². The first-order chi connectivity index (χ1) is 22.9. The number of rotatable bonds is 6. The van der Waals surface area contributed by atoms with Gasteiger partial charge in [0.1, 0.15) is 18.0 Å². The minimum absolute atomic E-state index is 0.0750. The molecule has 0 unspecified atom stereocenters. The number of aliphatic hydroxyl groups excluding tert-OH is 1. The van der Waals surface area contributed by atoms with Crippen LogP contribution < -0.4 is 4.90 Å². The summed E-state index contributed by atoms with van der Waals surface area (Å²) in [5.41, 5.74) is 2.10. The lowest BCUT2D eigenvalue weighted by Crippen LogP contribution is -2.48. The van der Waals surface area contributed by atoms with Gasteiger partial charge in [-0.15, -0.1) is 0 Å². The zero-order valence-electron chi connectivity index (χ0n) is 29.0. The van der Waals surface area contributed by atoms with E-state index in [9.17, 15) is 23.9 Å². The van der Waals surface area contributed by atoms with E-state index < -0.39 is 24.3 Å². The van der Waals surface area contributed by atoms with Gasteiger partial charge in [0.15, 0.2) is 0 Å². The van der Waals surface area contributed by atoms with Crippen molar-refractivity contribution in [2.75, 3.05) is 64.3 Å². The summed E-state index contributed by atoms with van der Waals surface area (Å²) in [6.45, 7) is 11.1. The van der Waals surface area contributed by atoms with Crippen LogP contribution in [0.2, 0.25) is 0 Å². The van der Waals surface area contributed by atoms with E-state index in [1.807, 2.05) is 57.0 Å². The Hall–Kier alpha value is -3.44. The second-order valence-electron chi connectivity index (χ2n) is 14.4. The number of piperazine rings is 2. The summed E-state index contributed by atoms with van der Waals surface area (Å²) in [4.78, 5) is 46.5. The Kier molecular flexibility index (Phi) is 12.2. The quantitative estimate of drug-likeness (QED) is 0.344. The Morgan fingerprint density at radius 3 is 2.33 bits per heavy atom. The maximum Gasteiger partial charge on any atom is 0.410 e. The van der Waals surface area contributed by atoms with E-state index in [1.165, 1.54) is 12.1 Å². The van der Waals surface area contributed by atoms with Crippen LogP contribution in [0.5, 0.6) is 0 Å². The molecule has 1 saturated carbocycles. The van der Waals surface area contributed by atoms with Crippen LogP contribution in [0.4, 0.5) is 14.9 Å². The van der Waals surface area contributed by atoms with Gasteiger partial charge in [0.05, 0.1) is 12.5 Å². The lowest BCUT2D eigenvalue weighted by atomic mass is 9.91. The summed E-state index contributed by atoms with van der Waals surface area (Å²) in [5.74, 6) is -0.478. The maximum atomic E-state index is 15.0. The van der Waals surface area contributed by atoms with Crippen molar-refractivity contribution in [2.45, 2.75) is 77.6 Å². The molecular weight excluding hydrogens is 615 g/mol. The molecule has 4 aliphatic rings. The Morgan fingerprint density at radius 2 is 1.65 bits per heavy atom. The molecule has 5 rings (SSSR count). The van der Waals surface area contributed by atoms with E-state index in [1.54, 1.807) is 4.90 Å². The SMILES string of the molecule is C/C(=C\c1cc(F)cc(N2CCN(C(=O)CC3CC3)CC2)c1)[C@H]1OC(=O)C[C@H](O)CC[C@H](C)[C@@H](OC(=O)N2CCN(C)CC2)/C=C/[C@@H]1C. The molecule has 1 aromatic rings. The van der Waals surface area contributed by atoms with Crippen LogP contribution in [0.15, 0.2) is 35.9 Å². The molecule has 3 fully saturated rings. The van der Waals surface area contributed by atoms with Crippen molar-refractivity contribution in [3.8, 4) is 0 Å². The number of carbonyl (C=O) groups excluding carboxylic acids is 3. The van der Waals surface area contributed by atoms with Crippen LogP contribution >= 0.6 is 0 Å². The monoisotopic (exact) mass is 668 g/mol. The number of hydrogen-bond acceptors (Lipinski definition) is 8. The number of amides is 2. The molecule has 264 valence electrons. The van der Waals surface area contributed by atoms with Crippen molar-refractivity contribution in [1.29, 1.82) is 0 Å². The lowest BCUT2D eigenvalue weighted by molar-refractivity contribution is -0.151. The highest BCUT2D eigenvalue weighted by Gasteiger charge is 2.31. The van der Waals surface area contributed by atoms with Crippen molar-refractivity contribution in [1.82, 2.24) is 14.7 Å². The standard InChI is InChI=1S/C37H53FN4O6/c1-25-5-9-32(43)24-35(45)48-36(26(2)6-10-33(25)47-37(46)42-13-11-39(4)12-14-42)27(3)19-29-20-30(38)23-31(21-29)40-15-17-41(18-16-40)34(44)22-28-7-8-28/h6,10,19-21,23,25-26,28,32-33,36,43H,5,7-9,11-18,22,24H2,1-4H3/b10-6+,27-19+/t25-,26-,32+,33-,36-/m0/s1. The van der Waals surface area contributed by atoms with Gasteiger partial charge in [-0.25, -0.2) is 9.18 Å². The predicted molar refractivity (Wildman–Crippen MR) is 183 cm³/mol. The van der Waals surface area contributed by atoms with Crippen LogP contribution in [0.25, 0.3) is 6.08 Å². The molecule has 3 heterocycles. The van der Waals surface area contributed by atoms with Crippen molar-refractivity contribution in [2.24, 2.45) is 17.8 Å². The first kappa shape index (κ1) is 35.9. The van der Waals surface area contributed by atoms with Crippen LogP contribution in [-0.4, -0.2) is 115 Å². The fourth-order valence-corrected chi connectivity index (χ4v) is 6.75. The Bertz CT molecular complexity index is 1350. The van der Waals surface area contributed by atoms with Gasteiger partial charge in [-0.3, -0.25) is 9.59 Å². The van der Waals surface area contributed by atoms with Gasteiger partial charge in [0.2, 0.25) is 5.91 Å². The largest absolute Gasteiger partial charge is 0.457 e. The lowest BCUT2D eigenvalue weighted by Gasteiger charge is -2.36. The Balaban J connectivity index is 1.30. The summed E-state index contributed by atoms with van der Waals surface area (Å²) >= 11 is 0. The number of likely N-dealkylation sites (N-methyl/N-ethyl adjacent to an activating group) is 1. The van der Waals surface area contributed by atoms with E-state index in [-0.39, 0.29) is 36.1 Å². The van der Waals surface area contributed by atoms with Crippen molar-refractivity contribution < 1.29 is 33.4 Å². The summed E-state index contributed by atoms with van der Waals surface area (Å²) in [6.07, 6.45) is 6.94. The highest BCUT2D eigenvalue weighted by Crippen LogP contribution is 2.33. The predicted octanol–water partition coefficient (Wildman–Crippen LogP) is 4.72. The number of carbonyl (C=O) groups is 3. The van der Waals surface area contributed by atoms with Gasteiger partial charge in [0.25, 0.3) is 0 Å². The van der Waals surface area contributed by atoms with Crippen LogP contribution in [0.3, 0.4) is 0 Å². The average Bonchev–Trinajstić information content (AvgIpc) is 3.87. The Labute approximate surface area is 284 Å². The smallest absolute Gasteiger partial charge is 0.410 e. The maximum absolute atomic E-state index is 15.0. The third kappa shape index (κ3) is 10.0. The van der Waals surface area contributed by atoms with Crippen LogP contribution in [0, 0.1) is 23.6 Å². The van der Waals surface area contributed by atoms with Gasteiger partial charge >= 0.3 is 12.1 Å². The zero-order chi connectivity index (χ0) is 34.4. The van der Waals surface area contributed by atoms with Gasteiger partial charge < -0.3 is 34.2 Å². The molecule has 5 atom stereocenters. The molecule has 11 heteroatoms. The molecule has 1 aromatic carbocycles. The zero-order valence-corrected chi connectivity index (χ0v) is 29.0. The number of esters is 1. The fourth-order valence-electron chi connectivity index (χ4n) is 6.75. The van der Waals surface area contributed by atoms with Gasteiger partial charge in [-0.2, -0.15) is 0 Å². The van der Waals surface area contributed by atoms with E-state index in [2.05, 4.69) is 9.80 Å². The van der Waals surface area contributed by atoms with Gasteiger partial charge in [-0.1, -0.05) is 26.0 Å². The third-order valence-electron chi connectivity index (χ3n) is 10.2. The summed E-state index contributed by atoms with van der Waals surface area (Å²) in [7, 11) is 2.03. The van der Waals surface area contributed by atoms with Crippen molar-refractivity contribution >= 4 is 29.7 Å². The van der Waals surface area contributed by atoms with E-state index in [0.717, 1.165) is 37.2 Å². The van der Waals surface area contributed by atoms with Crippen LogP contribution in [0.1, 0.15) is 64.9 Å². The minimum Gasteiger partial charge on any atom is -0.457 e. The van der Waals surface area contributed by atoms with Gasteiger partial charge in [0, 0.05) is 70.4 Å². The molecular formula is C37H53FN4O6. The molecule has 10 nitrogen and oxygen atoms in total. The van der Waals surface area contributed by atoms with Crippen molar-refractivity contribution in [3.05, 3.63) is 47.3 Å². The molecule has 0 spiro atoms. The number of cyclic esters (lactones) is 1. The third-order valence-corrected chi connectivity index (χ3v) is 10.2. The molecule has 1 N–H and O–H groups in total. The number of ether oxygens (including phenoxy) is 2. The second kappa shape index (κ2) is 16.3. The molecule has 0 bridgehead atoms.